The molecule has 0 saturated carbocycles. The Morgan fingerprint density at radius 1 is 1.24 bits per heavy atom. The summed E-state index contributed by atoms with van der Waals surface area (Å²) in [7, 11) is -6.00. The van der Waals surface area contributed by atoms with E-state index < -0.39 is 7.25 Å². The van der Waals surface area contributed by atoms with Crippen molar-refractivity contribution >= 4 is 40.4 Å². The van der Waals surface area contributed by atoms with Crippen LogP contribution in [-0.4, -0.2) is 7.25 Å². The zero-order valence-electron chi connectivity index (χ0n) is 8.84. The monoisotopic (exact) mass is 285 g/mol. The minimum absolute atomic E-state index is 0.860. The molecule has 0 N–H and O–H groups in total. The van der Waals surface area contributed by atoms with Crippen LogP contribution in [0.25, 0.3) is 10.2 Å². The number of hydrogen-bond acceptors (Lipinski definition) is 1. The van der Waals surface area contributed by atoms with Gasteiger partial charge in [0.1, 0.15) is 11.2 Å². The van der Waals surface area contributed by atoms with Crippen LogP contribution in [0.3, 0.4) is 0 Å². The normalized spacial score (nSPS) is 11.2. The molecule has 0 spiro atoms. The second kappa shape index (κ2) is 5.68. The predicted octanol–water partition coefficient (Wildman–Crippen LogP) is 4.16. The lowest BCUT2D eigenvalue weighted by Crippen LogP contribution is -2.31. The van der Waals surface area contributed by atoms with Crippen LogP contribution in [0.4, 0.5) is 17.3 Å². The Labute approximate surface area is 105 Å². The van der Waals surface area contributed by atoms with Gasteiger partial charge >= 0.3 is 11.7 Å². The van der Waals surface area contributed by atoms with Gasteiger partial charge in [-0.15, -0.1) is 0 Å². The standard InChI is InChI=1S/C9H9ClNS.BF4/c1-2-11-7-5-3-4-6-8(7)12-9(11)10;2-1(3,4)5/h3-6H,2H2,1H3;/q+1;-1. The first-order chi connectivity index (χ1) is 7.83. The third-order valence-corrected chi connectivity index (χ3v) is 3.27. The maximum atomic E-state index is 9.75. The average molecular weight is 286 g/mol. The molecule has 1 aromatic heterocycles. The van der Waals surface area contributed by atoms with Gasteiger partial charge in [-0.25, -0.2) is 0 Å². The number of para-hydroxylation sites is 1. The van der Waals surface area contributed by atoms with E-state index >= 15 is 0 Å². The van der Waals surface area contributed by atoms with Crippen molar-refractivity contribution in [3.8, 4) is 0 Å². The average Bonchev–Trinajstić information content (AvgIpc) is 2.50. The van der Waals surface area contributed by atoms with Gasteiger partial charge in [0.25, 0.3) is 0 Å². The minimum Gasteiger partial charge on any atom is -0.418 e. The first kappa shape index (κ1) is 14.2. The number of hydrogen-bond donors (Lipinski definition) is 0. The van der Waals surface area contributed by atoms with Crippen LogP contribution in [0.5, 0.6) is 0 Å². The molecular weight excluding hydrogens is 276 g/mol. The van der Waals surface area contributed by atoms with Crippen LogP contribution in [0.15, 0.2) is 24.3 Å². The summed E-state index contributed by atoms with van der Waals surface area (Å²) in [5.74, 6) is 0. The number of nitrogens with zero attached hydrogens (tertiary/aromatic N) is 1. The van der Waals surface area contributed by atoms with Gasteiger partial charge in [0.05, 0.1) is 0 Å². The van der Waals surface area contributed by atoms with Crippen molar-refractivity contribution < 1.29 is 21.8 Å². The molecule has 0 fully saturated rings. The number of aryl methyl sites for hydroxylation is 1. The van der Waals surface area contributed by atoms with E-state index in [1.807, 2.05) is 12.1 Å². The predicted molar refractivity (Wildman–Crippen MR) is 62.9 cm³/mol. The smallest absolute Gasteiger partial charge is 0.418 e. The topological polar surface area (TPSA) is 3.88 Å². The molecule has 2 rings (SSSR count). The van der Waals surface area contributed by atoms with Crippen molar-refractivity contribution in [2.45, 2.75) is 13.5 Å². The zero-order chi connectivity index (χ0) is 13.1. The van der Waals surface area contributed by atoms with E-state index in [9.17, 15) is 17.3 Å². The third kappa shape index (κ3) is 4.51. The lowest BCUT2D eigenvalue weighted by atomic mass is 10.3. The van der Waals surface area contributed by atoms with Crippen molar-refractivity contribution in [2.75, 3.05) is 0 Å². The van der Waals surface area contributed by atoms with Crippen LogP contribution in [-0.2, 0) is 6.54 Å². The largest absolute Gasteiger partial charge is 0.673 e. The molecule has 0 bridgehead atoms. The van der Waals surface area contributed by atoms with Crippen molar-refractivity contribution in [2.24, 2.45) is 0 Å². The van der Waals surface area contributed by atoms with Crippen molar-refractivity contribution in [3.63, 3.8) is 0 Å². The second-order valence-electron chi connectivity index (χ2n) is 3.06. The van der Waals surface area contributed by atoms with Crippen molar-refractivity contribution in [1.82, 2.24) is 0 Å². The first-order valence-electron chi connectivity index (χ1n) is 4.77. The number of rotatable bonds is 1. The fourth-order valence-corrected chi connectivity index (χ4v) is 2.71. The summed E-state index contributed by atoms with van der Waals surface area (Å²) >= 11 is 7.68. The van der Waals surface area contributed by atoms with E-state index in [1.54, 1.807) is 11.3 Å². The second-order valence-corrected chi connectivity index (χ2v) is 4.67. The van der Waals surface area contributed by atoms with Crippen molar-refractivity contribution in [1.29, 1.82) is 0 Å². The molecule has 1 heterocycles. The highest BCUT2D eigenvalue weighted by Gasteiger charge is 2.20. The number of fused-ring (bicyclic) bond motifs is 1. The van der Waals surface area contributed by atoms with Gasteiger partial charge in [0.2, 0.25) is 5.52 Å². The molecule has 17 heavy (non-hydrogen) atoms. The maximum absolute atomic E-state index is 9.75. The fraction of sp³-hybridized carbons (Fsp3) is 0.222. The van der Waals surface area contributed by atoms with Crippen LogP contribution >= 0.6 is 22.9 Å². The van der Waals surface area contributed by atoms with E-state index in [0.29, 0.717) is 0 Å². The summed E-state index contributed by atoms with van der Waals surface area (Å²) in [6.07, 6.45) is 0. The van der Waals surface area contributed by atoms with Crippen LogP contribution < -0.4 is 4.57 Å². The molecule has 0 radical (unpaired) electrons. The molecule has 94 valence electrons. The lowest BCUT2D eigenvalue weighted by molar-refractivity contribution is -0.661. The fourth-order valence-electron chi connectivity index (χ4n) is 1.30. The third-order valence-electron chi connectivity index (χ3n) is 1.88. The molecular formula is C9H9BClF4NS. The number of thiazole rings is 1. The van der Waals surface area contributed by atoms with Gasteiger partial charge in [-0.3, -0.25) is 0 Å². The van der Waals surface area contributed by atoms with Crippen molar-refractivity contribution in [3.05, 3.63) is 28.7 Å². The number of aromatic nitrogens is 1. The Bertz CT molecular complexity index is 493. The highest BCUT2D eigenvalue weighted by atomic mass is 35.5. The summed E-state index contributed by atoms with van der Waals surface area (Å²) in [6, 6.07) is 8.27. The Morgan fingerprint density at radius 2 is 1.76 bits per heavy atom. The lowest BCUT2D eigenvalue weighted by Gasteiger charge is -1.94. The maximum Gasteiger partial charge on any atom is 0.673 e. The quantitative estimate of drug-likeness (QED) is 0.421. The molecule has 2 aromatic rings. The Morgan fingerprint density at radius 3 is 2.29 bits per heavy atom. The van der Waals surface area contributed by atoms with E-state index in [0.717, 1.165) is 11.0 Å². The molecule has 0 unspecified atom stereocenters. The Balaban J connectivity index is 0.000000249. The van der Waals surface area contributed by atoms with Crippen LogP contribution in [0.1, 0.15) is 6.92 Å². The van der Waals surface area contributed by atoms with E-state index in [4.69, 9.17) is 11.6 Å². The van der Waals surface area contributed by atoms with Gasteiger partial charge in [-0.2, -0.15) is 4.57 Å². The van der Waals surface area contributed by atoms with Gasteiger partial charge in [-0.1, -0.05) is 12.1 Å². The molecule has 0 aliphatic rings. The van der Waals surface area contributed by atoms with Crippen LogP contribution in [0.2, 0.25) is 4.47 Å². The number of benzene rings is 1. The zero-order valence-corrected chi connectivity index (χ0v) is 10.4. The Hall–Kier alpha value is -0.815. The Kier molecular flexibility index (Phi) is 4.76. The van der Waals surface area contributed by atoms with Gasteiger partial charge in [-0.05, 0) is 24.3 Å². The summed E-state index contributed by atoms with van der Waals surface area (Å²) < 4.78 is 43.2. The SMILES string of the molecule is CC[n+]1c(Cl)sc2ccccc21.F[B-](F)(F)F. The van der Waals surface area contributed by atoms with Gasteiger partial charge in [0.15, 0.2) is 0 Å². The highest BCUT2D eigenvalue weighted by Crippen LogP contribution is 2.23. The summed E-state index contributed by atoms with van der Waals surface area (Å²) in [5.41, 5.74) is 1.23. The first-order valence-corrected chi connectivity index (χ1v) is 5.96. The minimum atomic E-state index is -6.00. The molecule has 8 heteroatoms. The molecule has 0 saturated heterocycles. The van der Waals surface area contributed by atoms with E-state index in [2.05, 4.69) is 23.6 Å². The highest BCUT2D eigenvalue weighted by molar-refractivity contribution is 7.21. The summed E-state index contributed by atoms with van der Waals surface area (Å²) in [6.45, 7) is 3.04. The van der Waals surface area contributed by atoms with Gasteiger partial charge in [0, 0.05) is 17.7 Å². The molecule has 1 aromatic carbocycles. The molecule has 0 aliphatic carbocycles. The molecule has 0 amide bonds. The van der Waals surface area contributed by atoms with Crippen LogP contribution in [0, 0.1) is 0 Å². The summed E-state index contributed by atoms with van der Waals surface area (Å²) in [5, 5.41) is 0. The molecule has 1 nitrogen and oxygen atoms in total. The number of halogens is 5. The molecule has 0 aliphatic heterocycles. The molecule has 0 atom stereocenters. The van der Waals surface area contributed by atoms with Gasteiger partial charge < -0.3 is 17.3 Å². The van der Waals surface area contributed by atoms with E-state index in [-0.39, 0.29) is 0 Å². The van der Waals surface area contributed by atoms with E-state index in [1.165, 1.54) is 10.2 Å². The summed E-state index contributed by atoms with van der Waals surface area (Å²) in [4.78, 5) is 0.